The summed E-state index contributed by atoms with van der Waals surface area (Å²) in [6.07, 6.45) is 19.5. The maximum absolute atomic E-state index is 9.60. The van der Waals surface area contributed by atoms with Gasteiger partial charge in [0.25, 0.3) is 0 Å². The molecule has 0 bridgehead atoms. The lowest BCUT2D eigenvalue weighted by molar-refractivity contribution is 0.668. The Balaban J connectivity index is 0.984. The third-order valence-corrected chi connectivity index (χ3v) is 13.6. The Morgan fingerprint density at radius 2 is 1.32 bits per heavy atom. The van der Waals surface area contributed by atoms with Crippen molar-refractivity contribution in [1.82, 2.24) is 4.57 Å². The van der Waals surface area contributed by atoms with Gasteiger partial charge < -0.3 is 17.8 Å². The molecule has 0 saturated carbocycles. The molecule has 0 saturated heterocycles. The highest BCUT2D eigenvalue weighted by Gasteiger charge is 2.20. The van der Waals surface area contributed by atoms with E-state index >= 15 is 0 Å². The number of benzene rings is 8. The van der Waals surface area contributed by atoms with Gasteiger partial charge in [0.05, 0.1) is 16.4 Å². The number of para-hydroxylation sites is 3. The molecule has 1 aliphatic carbocycles. The van der Waals surface area contributed by atoms with Crippen LogP contribution in [0.3, 0.4) is 0 Å². The van der Waals surface area contributed by atoms with E-state index in [1.807, 2.05) is 97.2 Å². The third-order valence-electron chi connectivity index (χ3n) is 13.6. The second-order valence-electron chi connectivity index (χ2n) is 17.8. The SMILES string of the molecule is C\C=c1/c(=C\C=C\c2ccccc2)n(-c2ccc3oc4cccc(C=NC(=NC(=N)c5cccc6oc7ccccc7c56)c5cccc6c5oc5ccccc56)c4c3c2)c2ccc(C3=CCCC=C3)cc12. The van der Waals surface area contributed by atoms with E-state index in [2.05, 4.69) is 133 Å². The van der Waals surface area contributed by atoms with Crippen LogP contribution in [0.25, 0.3) is 106 Å². The van der Waals surface area contributed by atoms with Gasteiger partial charge >= 0.3 is 0 Å². The van der Waals surface area contributed by atoms with Crippen molar-refractivity contribution in [2.75, 3.05) is 0 Å². The average Bonchev–Trinajstić information content (AvgIpc) is 4.19. The molecule has 0 unspecified atom stereocenters. The standard InChI is InChI=1S/C64H44N4O3/c1-2-45-51-37-42(41-20-7-4-8-21-41)33-35-54(51)68(53(45)28-13-19-40-17-5-3-6-18-40)44-34-36-57-52(38-44)60-43(22-14-31-58(60)70-57)39-66-64(50-27-15-25-47-46-23-9-11-29-55(46)71-62(47)50)67-63(65)49-26-16-32-59-61(49)48-24-10-12-30-56(48)69-59/h2-3,5-7,9-39,65H,4,8H2,1H3/b19-13+,45-2-,53-28+,65-63?,66-39?,67-64?. The molecule has 4 aromatic heterocycles. The van der Waals surface area contributed by atoms with Gasteiger partial charge in [0.15, 0.2) is 11.7 Å². The van der Waals surface area contributed by atoms with Gasteiger partial charge in [0, 0.05) is 66.0 Å². The number of nitrogens with zero attached hydrogens (tertiary/aromatic N) is 3. The van der Waals surface area contributed by atoms with Gasteiger partial charge in [-0.2, -0.15) is 0 Å². The van der Waals surface area contributed by atoms with E-state index in [-0.39, 0.29) is 5.84 Å². The lowest BCUT2D eigenvalue weighted by Crippen LogP contribution is -2.27. The zero-order valence-corrected chi connectivity index (χ0v) is 38.8. The van der Waals surface area contributed by atoms with Crippen LogP contribution < -0.4 is 10.6 Å². The molecular formula is C64H44N4O3. The number of amidine groups is 2. The van der Waals surface area contributed by atoms with E-state index in [0.717, 1.165) is 95.2 Å². The summed E-state index contributed by atoms with van der Waals surface area (Å²) < 4.78 is 21.7. The maximum Gasteiger partial charge on any atom is 0.165 e. The second-order valence-corrected chi connectivity index (χ2v) is 17.8. The number of nitrogens with one attached hydrogen (secondary N) is 1. The smallest absolute Gasteiger partial charge is 0.165 e. The molecule has 1 aliphatic rings. The second kappa shape index (κ2) is 17.3. The number of fused-ring (bicyclic) bond motifs is 10. The monoisotopic (exact) mass is 916 g/mol. The van der Waals surface area contributed by atoms with Crippen molar-refractivity contribution in [1.29, 1.82) is 5.41 Å². The lowest BCUT2D eigenvalue weighted by Gasteiger charge is -2.10. The molecule has 8 aromatic carbocycles. The Labute approximate surface area is 407 Å². The number of aliphatic imine (C=N–C) groups is 2. The zero-order valence-electron chi connectivity index (χ0n) is 38.8. The van der Waals surface area contributed by atoms with E-state index in [9.17, 15) is 5.41 Å². The van der Waals surface area contributed by atoms with Crippen molar-refractivity contribution in [3.63, 3.8) is 0 Å². The van der Waals surface area contributed by atoms with E-state index in [4.69, 9.17) is 23.2 Å². The van der Waals surface area contributed by atoms with Crippen LogP contribution in [-0.2, 0) is 0 Å². The first kappa shape index (κ1) is 41.8. The molecule has 0 fully saturated rings. The molecule has 13 rings (SSSR count). The predicted octanol–water partition coefficient (Wildman–Crippen LogP) is 15.2. The quantitative estimate of drug-likeness (QED) is 0.127. The highest BCUT2D eigenvalue weighted by molar-refractivity contribution is 6.24. The van der Waals surface area contributed by atoms with Crippen LogP contribution in [0.2, 0.25) is 0 Å². The van der Waals surface area contributed by atoms with Crippen molar-refractivity contribution in [3.8, 4) is 5.69 Å². The minimum atomic E-state index is 0.0481. The summed E-state index contributed by atoms with van der Waals surface area (Å²) in [5.74, 6) is 0.381. The first-order valence-electron chi connectivity index (χ1n) is 24.0. The van der Waals surface area contributed by atoms with E-state index < -0.39 is 0 Å². The van der Waals surface area contributed by atoms with E-state index in [1.54, 1.807) is 0 Å². The molecule has 338 valence electrons. The number of hydrogen-bond donors (Lipinski definition) is 1. The molecule has 0 atom stereocenters. The maximum atomic E-state index is 9.60. The van der Waals surface area contributed by atoms with Crippen molar-refractivity contribution >= 4 is 118 Å². The van der Waals surface area contributed by atoms with Gasteiger partial charge in [-0.05, 0) is 103 Å². The molecule has 4 heterocycles. The van der Waals surface area contributed by atoms with Gasteiger partial charge in [-0.3, -0.25) is 5.41 Å². The van der Waals surface area contributed by atoms with Crippen LogP contribution in [0.5, 0.6) is 0 Å². The van der Waals surface area contributed by atoms with E-state index in [0.29, 0.717) is 28.1 Å². The van der Waals surface area contributed by atoms with Gasteiger partial charge in [0.2, 0.25) is 0 Å². The van der Waals surface area contributed by atoms with Crippen molar-refractivity contribution in [2.45, 2.75) is 19.8 Å². The number of hydrogen-bond acceptors (Lipinski definition) is 4. The molecule has 0 aliphatic heterocycles. The van der Waals surface area contributed by atoms with Crippen LogP contribution in [-0.4, -0.2) is 22.5 Å². The fourth-order valence-corrected chi connectivity index (χ4v) is 10.3. The molecule has 1 N–H and O–H groups in total. The van der Waals surface area contributed by atoms with Crippen LogP contribution in [0, 0.1) is 5.41 Å². The van der Waals surface area contributed by atoms with Crippen LogP contribution in [0.1, 0.15) is 47.6 Å². The summed E-state index contributed by atoms with van der Waals surface area (Å²) in [4.78, 5) is 10.3. The first-order chi connectivity index (χ1) is 35.1. The lowest BCUT2D eigenvalue weighted by atomic mass is 9.98. The molecular weight excluding hydrogens is 873 g/mol. The normalized spacial score (nSPS) is 14.1. The minimum Gasteiger partial charge on any atom is -0.456 e. The molecule has 0 spiro atoms. The first-order valence-corrected chi connectivity index (χ1v) is 24.0. The van der Waals surface area contributed by atoms with Crippen LogP contribution >= 0.6 is 0 Å². The number of aromatic nitrogens is 1. The van der Waals surface area contributed by atoms with Gasteiger partial charge in [0.1, 0.15) is 33.5 Å². The Kier molecular flexibility index (Phi) is 10.2. The van der Waals surface area contributed by atoms with E-state index in [1.165, 1.54) is 21.7 Å². The van der Waals surface area contributed by atoms with Gasteiger partial charge in [-0.25, -0.2) is 9.98 Å². The fraction of sp³-hybridized carbons (Fsp3) is 0.0469. The number of furan rings is 3. The molecule has 12 aromatic rings. The summed E-state index contributed by atoms with van der Waals surface area (Å²) in [5, 5.41) is 18.6. The summed E-state index contributed by atoms with van der Waals surface area (Å²) in [7, 11) is 0. The molecule has 7 nitrogen and oxygen atoms in total. The Bertz CT molecular complexity index is 4430. The van der Waals surface area contributed by atoms with Crippen LogP contribution in [0.4, 0.5) is 0 Å². The Morgan fingerprint density at radius 1 is 0.606 bits per heavy atom. The topological polar surface area (TPSA) is 92.9 Å². The van der Waals surface area contributed by atoms with Gasteiger partial charge in [-0.15, -0.1) is 0 Å². The van der Waals surface area contributed by atoms with Crippen molar-refractivity contribution in [2.24, 2.45) is 9.98 Å². The molecule has 71 heavy (non-hydrogen) atoms. The van der Waals surface area contributed by atoms with Gasteiger partial charge in [-0.1, -0.05) is 146 Å². The average molecular weight is 917 g/mol. The fourth-order valence-electron chi connectivity index (χ4n) is 10.3. The third kappa shape index (κ3) is 7.25. The number of allylic oxidation sites excluding steroid dienone is 5. The minimum absolute atomic E-state index is 0.0481. The summed E-state index contributed by atoms with van der Waals surface area (Å²) in [6.45, 7) is 2.12. The Hall–Kier alpha value is -9.33. The van der Waals surface area contributed by atoms with Crippen molar-refractivity contribution < 1.29 is 13.3 Å². The predicted molar refractivity (Wildman–Crippen MR) is 295 cm³/mol. The molecule has 0 radical (unpaired) electrons. The summed E-state index contributed by atoms with van der Waals surface area (Å²) in [5.41, 5.74) is 12.2. The molecule has 0 amide bonds. The highest BCUT2D eigenvalue weighted by Crippen LogP contribution is 2.36. The van der Waals surface area contributed by atoms with Crippen LogP contribution in [0.15, 0.2) is 217 Å². The zero-order chi connectivity index (χ0) is 47.4. The number of rotatable bonds is 7. The Morgan fingerprint density at radius 3 is 2.15 bits per heavy atom. The van der Waals surface area contributed by atoms with Crippen molar-refractivity contribution in [3.05, 3.63) is 233 Å². The largest absolute Gasteiger partial charge is 0.456 e. The molecule has 7 heteroatoms. The highest BCUT2D eigenvalue weighted by atomic mass is 16.3. The summed E-state index contributed by atoms with van der Waals surface area (Å²) >= 11 is 0. The summed E-state index contributed by atoms with van der Waals surface area (Å²) in [6, 6.07) is 57.3.